The second kappa shape index (κ2) is 8.19. The van der Waals surface area contributed by atoms with Gasteiger partial charge in [0.05, 0.1) is 12.0 Å². The van der Waals surface area contributed by atoms with Gasteiger partial charge in [0.15, 0.2) is 5.11 Å². The lowest BCUT2D eigenvalue weighted by molar-refractivity contribution is 0.988. The highest BCUT2D eigenvalue weighted by atomic mass is 32.2. The van der Waals surface area contributed by atoms with Gasteiger partial charge in [0.2, 0.25) is 0 Å². The van der Waals surface area contributed by atoms with E-state index >= 15 is 0 Å². The Balaban J connectivity index is 1.66. The van der Waals surface area contributed by atoms with E-state index in [4.69, 9.17) is 12.2 Å². The number of thioether (sulfide) groups is 1. The number of rotatable bonds is 6. The van der Waals surface area contributed by atoms with E-state index in [-0.39, 0.29) is 0 Å². The summed E-state index contributed by atoms with van der Waals surface area (Å²) in [4.78, 5) is 7.38. The van der Waals surface area contributed by atoms with Gasteiger partial charge in [-0.25, -0.2) is 4.98 Å². The van der Waals surface area contributed by atoms with E-state index in [9.17, 15) is 0 Å². The molecule has 2 rings (SSSR count). The summed E-state index contributed by atoms with van der Waals surface area (Å²) in [5.41, 5.74) is 5.79. The number of aromatic amines is 1. The number of hydrogen-bond donors (Lipinski definition) is 3. The maximum absolute atomic E-state index is 5.33. The van der Waals surface area contributed by atoms with Crippen molar-refractivity contribution in [3.8, 4) is 0 Å². The number of aryl methyl sites for hydroxylation is 3. The van der Waals surface area contributed by atoms with Crippen molar-refractivity contribution in [2.45, 2.75) is 26.5 Å². The molecule has 0 aliphatic carbocycles. The van der Waals surface area contributed by atoms with Gasteiger partial charge in [-0.05, 0) is 44.6 Å². The molecule has 4 nitrogen and oxygen atoms in total. The number of nitrogens with zero attached hydrogens (tertiary/aromatic N) is 1. The average molecular weight is 335 g/mol. The molecule has 0 fully saturated rings. The predicted molar refractivity (Wildman–Crippen MR) is 99.6 cm³/mol. The number of aromatic nitrogens is 2. The molecule has 118 valence electrons. The zero-order valence-electron chi connectivity index (χ0n) is 13.2. The lowest BCUT2D eigenvalue weighted by Gasteiger charge is -2.12. The summed E-state index contributed by atoms with van der Waals surface area (Å²) >= 11 is 7.18. The monoisotopic (exact) mass is 334 g/mol. The Bertz CT molecular complexity index is 637. The first-order valence-electron chi connectivity index (χ1n) is 7.25. The van der Waals surface area contributed by atoms with E-state index in [1.807, 2.05) is 18.7 Å². The third-order valence-electron chi connectivity index (χ3n) is 3.34. The maximum Gasteiger partial charge on any atom is 0.170 e. The van der Waals surface area contributed by atoms with Gasteiger partial charge in [-0.15, -0.1) is 0 Å². The van der Waals surface area contributed by atoms with Crippen LogP contribution in [0.1, 0.15) is 22.5 Å². The van der Waals surface area contributed by atoms with Gasteiger partial charge in [-0.2, -0.15) is 11.8 Å². The van der Waals surface area contributed by atoms with Crippen molar-refractivity contribution in [3.05, 3.63) is 47.0 Å². The Kier molecular flexibility index (Phi) is 6.27. The van der Waals surface area contributed by atoms with Crippen molar-refractivity contribution in [2.75, 3.05) is 17.6 Å². The van der Waals surface area contributed by atoms with Gasteiger partial charge in [-0.1, -0.05) is 17.7 Å². The highest BCUT2D eigenvalue weighted by Gasteiger charge is 2.02. The van der Waals surface area contributed by atoms with E-state index < -0.39 is 0 Å². The summed E-state index contributed by atoms with van der Waals surface area (Å²) in [5.74, 6) is 1.91. The summed E-state index contributed by atoms with van der Waals surface area (Å²) in [6.07, 6.45) is 1.74. The van der Waals surface area contributed by atoms with Gasteiger partial charge in [0, 0.05) is 29.4 Å². The van der Waals surface area contributed by atoms with Crippen LogP contribution in [-0.4, -0.2) is 27.4 Å². The van der Waals surface area contributed by atoms with Crippen LogP contribution in [0.15, 0.2) is 24.5 Å². The third-order valence-corrected chi connectivity index (χ3v) is 4.55. The lowest BCUT2D eigenvalue weighted by atomic mass is 10.1. The number of thiocarbonyl (C=S) groups is 1. The molecular formula is C16H22N4S2. The molecule has 1 aromatic heterocycles. The second-order valence-corrected chi connectivity index (χ2v) is 6.74. The van der Waals surface area contributed by atoms with Crippen molar-refractivity contribution < 1.29 is 0 Å². The van der Waals surface area contributed by atoms with E-state index in [0.29, 0.717) is 5.11 Å². The zero-order valence-corrected chi connectivity index (χ0v) is 14.8. The SMILES string of the molecule is Cc1ccc(NC(=S)NCCSCc2nc[nH]c2C)c(C)c1. The average Bonchev–Trinajstić information content (AvgIpc) is 2.87. The molecule has 0 unspecified atom stereocenters. The molecule has 0 amide bonds. The molecule has 3 N–H and O–H groups in total. The van der Waals surface area contributed by atoms with Crippen LogP contribution < -0.4 is 10.6 Å². The molecule has 1 heterocycles. The van der Waals surface area contributed by atoms with Crippen molar-refractivity contribution in [2.24, 2.45) is 0 Å². The molecule has 22 heavy (non-hydrogen) atoms. The molecule has 0 saturated carbocycles. The van der Waals surface area contributed by atoms with Crippen LogP contribution in [0.2, 0.25) is 0 Å². The molecule has 0 aliphatic rings. The van der Waals surface area contributed by atoms with Crippen LogP contribution in [-0.2, 0) is 5.75 Å². The summed E-state index contributed by atoms with van der Waals surface area (Å²) in [6, 6.07) is 6.29. The number of benzene rings is 1. The van der Waals surface area contributed by atoms with Gasteiger partial charge in [-0.3, -0.25) is 0 Å². The fourth-order valence-corrected chi connectivity index (χ4v) is 3.15. The lowest BCUT2D eigenvalue weighted by Crippen LogP contribution is -2.30. The Morgan fingerprint density at radius 2 is 2.14 bits per heavy atom. The number of nitrogens with one attached hydrogen (secondary N) is 3. The molecule has 6 heteroatoms. The summed E-state index contributed by atoms with van der Waals surface area (Å²) in [5, 5.41) is 7.15. The number of hydrogen-bond acceptors (Lipinski definition) is 3. The standard InChI is InChI=1S/C16H22N4S2/c1-11-4-5-14(12(2)8-11)20-16(21)17-6-7-22-9-15-13(3)18-10-19-15/h4-5,8,10H,6-7,9H2,1-3H3,(H,18,19)(H2,17,20,21). The first kappa shape index (κ1) is 16.8. The fourth-order valence-electron chi connectivity index (χ4n) is 2.06. The Hall–Kier alpha value is -1.53. The molecule has 0 spiro atoms. The van der Waals surface area contributed by atoms with E-state index in [2.05, 4.69) is 52.6 Å². The van der Waals surface area contributed by atoms with Crippen LogP contribution in [0.25, 0.3) is 0 Å². The van der Waals surface area contributed by atoms with E-state index in [1.165, 1.54) is 11.1 Å². The van der Waals surface area contributed by atoms with Crippen LogP contribution in [0.3, 0.4) is 0 Å². The minimum absolute atomic E-state index is 0.670. The molecule has 1 aromatic carbocycles. The van der Waals surface area contributed by atoms with Gasteiger partial charge < -0.3 is 15.6 Å². The molecule has 0 aliphatic heterocycles. The largest absolute Gasteiger partial charge is 0.362 e. The molecule has 2 aromatic rings. The Labute approximate surface area is 141 Å². The Morgan fingerprint density at radius 3 is 2.82 bits per heavy atom. The van der Waals surface area contributed by atoms with Gasteiger partial charge in [0.25, 0.3) is 0 Å². The number of imidazole rings is 1. The topological polar surface area (TPSA) is 52.7 Å². The summed E-state index contributed by atoms with van der Waals surface area (Å²) < 4.78 is 0. The second-order valence-electron chi connectivity index (χ2n) is 5.23. The van der Waals surface area contributed by atoms with E-state index in [1.54, 1.807) is 6.33 Å². The summed E-state index contributed by atoms with van der Waals surface area (Å²) in [7, 11) is 0. The smallest absolute Gasteiger partial charge is 0.170 e. The molecule has 0 radical (unpaired) electrons. The van der Waals surface area contributed by atoms with Crippen molar-refractivity contribution >= 4 is 34.8 Å². The van der Waals surface area contributed by atoms with Gasteiger partial charge >= 0.3 is 0 Å². The molecule has 0 bridgehead atoms. The first-order chi connectivity index (χ1) is 10.6. The van der Waals surface area contributed by atoms with Crippen molar-refractivity contribution in [1.29, 1.82) is 0 Å². The number of anilines is 1. The van der Waals surface area contributed by atoms with Gasteiger partial charge in [0.1, 0.15) is 0 Å². The highest BCUT2D eigenvalue weighted by Crippen LogP contribution is 2.16. The first-order valence-corrected chi connectivity index (χ1v) is 8.81. The van der Waals surface area contributed by atoms with Crippen molar-refractivity contribution in [1.82, 2.24) is 15.3 Å². The minimum atomic E-state index is 0.670. The quantitative estimate of drug-likeness (QED) is 0.557. The molecular weight excluding hydrogens is 312 g/mol. The molecule has 0 saturated heterocycles. The van der Waals surface area contributed by atoms with Crippen LogP contribution in [0.5, 0.6) is 0 Å². The predicted octanol–water partition coefficient (Wildman–Crippen LogP) is 3.55. The van der Waals surface area contributed by atoms with Crippen LogP contribution >= 0.6 is 24.0 Å². The zero-order chi connectivity index (χ0) is 15.9. The third kappa shape index (κ3) is 5.03. The van der Waals surface area contributed by atoms with E-state index in [0.717, 1.165) is 35.1 Å². The molecule has 0 atom stereocenters. The minimum Gasteiger partial charge on any atom is -0.362 e. The highest BCUT2D eigenvalue weighted by molar-refractivity contribution is 7.98. The van der Waals surface area contributed by atoms with Crippen LogP contribution in [0.4, 0.5) is 5.69 Å². The Morgan fingerprint density at radius 1 is 1.32 bits per heavy atom. The van der Waals surface area contributed by atoms with Crippen LogP contribution in [0, 0.1) is 20.8 Å². The summed E-state index contributed by atoms with van der Waals surface area (Å²) in [6.45, 7) is 7.06. The number of H-pyrrole nitrogens is 1. The normalized spacial score (nSPS) is 10.5. The fraction of sp³-hybridized carbons (Fsp3) is 0.375. The maximum atomic E-state index is 5.33. The van der Waals surface area contributed by atoms with Crippen molar-refractivity contribution in [3.63, 3.8) is 0 Å².